The number of aromatic amines is 2. The summed E-state index contributed by atoms with van der Waals surface area (Å²) in [5.74, 6) is -0.0843. The van der Waals surface area contributed by atoms with Gasteiger partial charge in [-0.2, -0.15) is 0 Å². The molecule has 0 saturated heterocycles. The van der Waals surface area contributed by atoms with Crippen molar-refractivity contribution in [2.75, 3.05) is 18.9 Å². The lowest BCUT2D eigenvalue weighted by molar-refractivity contribution is -0.117. The number of hydrogen-bond acceptors (Lipinski definition) is 4. The molecule has 120 valence electrons. The van der Waals surface area contributed by atoms with Crippen LogP contribution in [0.25, 0.3) is 11.0 Å². The molecule has 3 aromatic rings. The van der Waals surface area contributed by atoms with Crippen molar-refractivity contribution in [3.8, 4) is 0 Å². The Bertz CT molecular complexity index is 893. The fourth-order valence-corrected chi connectivity index (χ4v) is 3.41. The first-order valence-corrected chi connectivity index (χ1v) is 8.12. The van der Waals surface area contributed by atoms with Crippen molar-refractivity contribution >= 4 is 34.0 Å². The van der Waals surface area contributed by atoms with E-state index in [-0.39, 0.29) is 11.6 Å². The largest absolute Gasteiger partial charge is 0.325 e. The second-order valence-corrected chi connectivity index (χ2v) is 6.59. The van der Waals surface area contributed by atoms with Gasteiger partial charge in [-0.15, -0.1) is 11.3 Å². The van der Waals surface area contributed by atoms with Crippen LogP contribution >= 0.6 is 11.3 Å². The molecule has 0 atom stereocenters. The molecule has 1 aromatic carbocycles. The number of imidazole rings is 1. The average molecular weight is 330 g/mol. The van der Waals surface area contributed by atoms with Crippen molar-refractivity contribution in [3.63, 3.8) is 0 Å². The Kier molecular flexibility index (Phi) is 4.31. The van der Waals surface area contributed by atoms with Crippen LogP contribution in [0.3, 0.4) is 0 Å². The number of carbonyl (C=O) groups is 1. The van der Waals surface area contributed by atoms with Crippen LogP contribution in [-0.4, -0.2) is 34.4 Å². The van der Waals surface area contributed by atoms with Gasteiger partial charge in [-0.05, 0) is 49.2 Å². The molecule has 0 radical (unpaired) electrons. The minimum atomic E-state index is -0.255. The lowest BCUT2D eigenvalue weighted by Crippen LogP contribution is -2.29. The minimum Gasteiger partial charge on any atom is -0.325 e. The van der Waals surface area contributed by atoms with Crippen LogP contribution in [0.15, 0.2) is 34.4 Å². The van der Waals surface area contributed by atoms with Crippen LogP contribution in [0.1, 0.15) is 10.4 Å². The van der Waals surface area contributed by atoms with Crippen molar-refractivity contribution < 1.29 is 4.79 Å². The van der Waals surface area contributed by atoms with E-state index < -0.39 is 0 Å². The van der Waals surface area contributed by atoms with Gasteiger partial charge in [0, 0.05) is 17.1 Å². The van der Waals surface area contributed by atoms with E-state index >= 15 is 0 Å². The van der Waals surface area contributed by atoms with E-state index in [0.29, 0.717) is 17.7 Å². The zero-order valence-electron chi connectivity index (χ0n) is 13.0. The summed E-state index contributed by atoms with van der Waals surface area (Å²) < 4.78 is 0. The first-order chi connectivity index (χ1) is 11.0. The first-order valence-electron chi connectivity index (χ1n) is 7.24. The molecule has 2 aromatic heterocycles. The third kappa shape index (κ3) is 3.69. The highest BCUT2D eigenvalue weighted by Gasteiger charge is 2.10. The van der Waals surface area contributed by atoms with E-state index in [1.54, 1.807) is 29.5 Å². The van der Waals surface area contributed by atoms with Crippen LogP contribution in [0.2, 0.25) is 0 Å². The second-order valence-electron chi connectivity index (χ2n) is 5.59. The number of hydrogen-bond donors (Lipinski definition) is 3. The lowest BCUT2D eigenvalue weighted by atomic mass is 10.2. The first kappa shape index (κ1) is 15.5. The van der Waals surface area contributed by atoms with Crippen LogP contribution in [-0.2, 0) is 11.3 Å². The predicted octanol–water partition coefficient (Wildman–Crippen LogP) is 2.30. The predicted molar refractivity (Wildman–Crippen MR) is 92.9 cm³/mol. The van der Waals surface area contributed by atoms with Gasteiger partial charge in [0.25, 0.3) is 0 Å². The molecule has 0 saturated carbocycles. The number of aromatic nitrogens is 2. The number of carbonyl (C=O) groups excluding carboxylic acids is 1. The molecule has 0 bridgehead atoms. The van der Waals surface area contributed by atoms with Gasteiger partial charge in [-0.1, -0.05) is 0 Å². The van der Waals surface area contributed by atoms with Crippen LogP contribution in [0.5, 0.6) is 0 Å². The number of anilines is 1. The Morgan fingerprint density at radius 1 is 1.26 bits per heavy atom. The van der Waals surface area contributed by atoms with Crippen molar-refractivity contribution in [2.45, 2.75) is 13.5 Å². The normalized spacial score (nSPS) is 11.3. The lowest BCUT2D eigenvalue weighted by Gasteiger charge is -2.16. The van der Waals surface area contributed by atoms with E-state index in [1.165, 1.54) is 10.4 Å². The number of aryl methyl sites for hydroxylation is 1. The minimum absolute atomic E-state index is 0.0843. The average Bonchev–Trinajstić information content (AvgIpc) is 3.03. The van der Waals surface area contributed by atoms with Crippen molar-refractivity contribution in [3.05, 3.63) is 50.6 Å². The van der Waals surface area contributed by atoms with Crippen molar-refractivity contribution in [2.24, 2.45) is 0 Å². The maximum atomic E-state index is 12.1. The van der Waals surface area contributed by atoms with Gasteiger partial charge >= 0.3 is 5.69 Å². The van der Waals surface area contributed by atoms with Crippen LogP contribution in [0, 0.1) is 6.92 Å². The molecular weight excluding hydrogens is 312 g/mol. The summed E-state index contributed by atoms with van der Waals surface area (Å²) in [6, 6.07) is 7.37. The van der Waals surface area contributed by atoms with E-state index in [0.717, 1.165) is 12.1 Å². The van der Waals surface area contributed by atoms with E-state index in [2.05, 4.69) is 33.7 Å². The molecule has 0 spiro atoms. The van der Waals surface area contributed by atoms with Crippen molar-refractivity contribution in [1.82, 2.24) is 14.9 Å². The summed E-state index contributed by atoms with van der Waals surface area (Å²) >= 11 is 1.70. The topological polar surface area (TPSA) is 81.0 Å². The van der Waals surface area contributed by atoms with Gasteiger partial charge in [0.2, 0.25) is 5.91 Å². The van der Waals surface area contributed by atoms with Crippen LogP contribution < -0.4 is 11.0 Å². The van der Waals surface area contributed by atoms with Gasteiger partial charge < -0.3 is 15.3 Å². The molecule has 0 aliphatic rings. The summed E-state index contributed by atoms with van der Waals surface area (Å²) in [4.78, 5) is 32.0. The molecule has 3 rings (SSSR count). The Balaban J connectivity index is 1.61. The molecule has 0 aliphatic carbocycles. The number of benzene rings is 1. The van der Waals surface area contributed by atoms with Gasteiger partial charge in [0.15, 0.2) is 0 Å². The second kappa shape index (κ2) is 6.39. The summed E-state index contributed by atoms with van der Waals surface area (Å²) in [6.45, 7) is 3.13. The fraction of sp³-hybridized carbons (Fsp3) is 0.250. The standard InChI is InChI=1S/C16H18N4O2S/c1-10-5-6-23-14(10)8-20(2)9-15(21)17-11-3-4-12-13(7-11)19-16(22)18-12/h3-7H,8-9H2,1-2H3,(H,17,21)(H2,18,19,22). The summed E-state index contributed by atoms with van der Waals surface area (Å²) in [7, 11) is 1.92. The number of amides is 1. The SMILES string of the molecule is Cc1ccsc1CN(C)CC(=O)Nc1ccc2[nH]c(=O)[nH]c2c1. The number of thiophene rings is 1. The number of fused-ring (bicyclic) bond motifs is 1. The Labute approximate surface area is 137 Å². The van der Waals surface area contributed by atoms with Crippen molar-refractivity contribution in [1.29, 1.82) is 0 Å². The summed E-state index contributed by atoms with van der Waals surface area (Å²) in [6.07, 6.45) is 0. The van der Waals surface area contributed by atoms with E-state index in [1.807, 2.05) is 11.9 Å². The third-order valence-corrected chi connectivity index (χ3v) is 4.60. The molecule has 1 amide bonds. The Hall–Kier alpha value is -2.38. The molecule has 3 N–H and O–H groups in total. The molecule has 0 fully saturated rings. The molecule has 23 heavy (non-hydrogen) atoms. The molecule has 0 unspecified atom stereocenters. The molecule has 6 nitrogen and oxygen atoms in total. The zero-order chi connectivity index (χ0) is 16.4. The zero-order valence-corrected chi connectivity index (χ0v) is 13.8. The Morgan fingerprint density at radius 2 is 2.04 bits per heavy atom. The maximum Gasteiger partial charge on any atom is 0.323 e. The molecule has 0 aliphatic heterocycles. The molecular formula is C16H18N4O2S. The van der Waals surface area contributed by atoms with Gasteiger partial charge in [0.1, 0.15) is 0 Å². The highest BCUT2D eigenvalue weighted by molar-refractivity contribution is 7.10. The third-order valence-electron chi connectivity index (χ3n) is 3.59. The maximum absolute atomic E-state index is 12.1. The molecule has 7 heteroatoms. The highest BCUT2D eigenvalue weighted by atomic mass is 32.1. The highest BCUT2D eigenvalue weighted by Crippen LogP contribution is 2.17. The number of likely N-dealkylation sites (N-methyl/N-ethyl adjacent to an activating group) is 1. The van der Waals surface area contributed by atoms with Gasteiger partial charge in [-0.3, -0.25) is 9.69 Å². The van der Waals surface area contributed by atoms with Gasteiger partial charge in [-0.25, -0.2) is 4.79 Å². The number of H-pyrrole nitrogens is 2. The number of rotatable bonds is 5. The quantitative estimate of drug-likeness (QED) is 0.671. The molecule has 2 heterocycles. The fourth-order valence-electron chi connectivity index (χ4n) is 2.42. The number of nitrogens with zero attached hydrogens (tertiary/aromatic N) is 1. The van der Waals surface area contributed by atoms with Gasteiger partial charge in [0.05, 0.1) is 17.6 Å². The van der Waals surface area contributed by atoms with Crippen LogP contribution in [0.4, 0.5) is 5.69 Å². The Morgan fingerprint density at radius 3 is 2.78 bits per heavy atom. The summed E-state index contributed by atoms with van der Waals surface area (Å²) in [5.41, 5.74) is 3.06. The smallest absolute Gasteiger partial charge is 0.323 e. The summed E-state index contributed by atoms with van der Waals surface area (Å²) in [5, 5.41) is 4.92. The van der Waals surface area contributed by atoms with E-state index in [9.17, 15) is 9.59 Å². The number of nitrogens with one attached hydrogen (secondary N) is 3. The van der Waals surface area contributed by atoms with E-state index in [4.69, 9.17) is 0 Å². The monoisotopic (exact) mass is 330 g/mol.